The molecule has 0 bridgehead atoms. The van der Waals surface area contributed by atoms with Gasteiger partial charge in [-0.3, -0.25) is 4.98 Å². The normalized spacial score (nSPS) is 15.2. The van der Waals surface area contributed by atoms with Gasteiger partial charge in [0.25, 0.3) is 0 Å². The van der Waals surface area contributed by atoms with Gasteiger partial charge >= 0.3 is 0 Å². The molecule has 0 spiro atoms. The number of nitrogens with zero attached hydrogens (tertiary/aromatic N) is 3. The number of benzene rings is 1. The van der Waals surface area contributed by atoms with E-state index in [1.165, 1.54) is 18.5 Å². The van der Waals surface area contributed by atoms with Crippen LogP contribution in [0.2, 0.25) is 0 Å². The molecule has 5 nitrogen and oxygen atoms in total. The van der Waals surface area contributed by atoms with Gasteiger partial charge in [-0.05, 0) is 49.6 Å². The molecule has 1 fully saturated rings. The zero-order valence-electron chi connectivity index (χ0n) is 15.2. The molecule has 0 atom stereocenters. The summed E-state index contributed by atoms with van der Waals surface area (Å²) in [5.41, 5.74) is 3.48. The van der Waals surface area contributed by atoms with Crippen LogP contribution < -0.4 is 10.2 Å². The average molecular weight is 426 g/mol. The van der Waals surface area contributed by atoms with Crippen LogP contribution in [0.15, 0.2) is 59.5 Å². The maximum atomic E-state index is 4.51. The number of imidazole rings is 1. The summed E-state index contributed by atoms with van der Waals surface area (Å²) in [5, 5.41) is 3.57. The van der Waals surface area contributed by atoms with Gasteiger partial charge in [-0.15, -0.1) is 0 Å². The van der Waals surface area contributed by atoms with E-state index in [0.29, 0.717) is 0 Å². The number of hydrogen-bond donors (Lipinski definition) is 2. The van der Waals surface area contributed by atoms with Crippen molar-refractivity contribution < 1.29 is 0 Å². The first-order chi connectivity index (χ1) is 13.3. The predicted octanol–water partition coefficient (Wildman–Crippen LogP) is 4.24. The summed E-state index contributed by atoms with van der Waals surface area (Å²) < 4.78 is 1.08. The first kappa shape index (κ1) is 18.2. The number of hydrogen-bond acceptors (Lipinski definition) is 4. The molecule has 4 rings (SSSR count). The molecule has 0 amide bonds. The van der Waals surface area contributed by atoms with E-state index in [-0.39, 0.29) is 0 Å². The Morgan fingerprint density at radius 2 is 1.96 bits per heavy atom. The number of aromatic nitrogens is 3. The Morgan fingerprint density at radius 1 is 1.15 bits per heavy atom. The topological polar surface area (TPSA) is 56.8 Å². The minimum Gasteiger partial charge on any atom is -0.371 e. The van der Waals surface area contributed by atoms with Gasteiger partial charge in [-0.1, -0.05) is 28.1 Å². The van der Waals surface area contributed by atoms with Gasteiger partial charge < -0.3 is 15.2 Å². The van der Waals surface area contributed by atoms with Crippen molar-refractivity contribution in [2.45, 2.75) is 19.4 Å². The second-order valence-corrected chi connectivity index (χ2v) is 7.94. The maximum Gasteiger partial charge on any atom is 0.120 e. The lowest BCUT2D eigenvalue weighted by Gasteiger charge is -2.33. The van der Waals surface area contributed by atoms with Crippen LogP contribution in [-0.2, 0) is 6.54 Å². The highest BCUT2D eigenvalue weighted by Gasteiger charge is 2.19. The van der Waals surface area contributed by atoms with Crippen LogP contribution in [0.3, 0.4) is 0 Å². The Bertz CT molecular complexity index is 856. The smallest absolute Gasteiger partial charge is 0.120 e. The molecule has 3 aromatic rings. The highest BCUT2D eigenvalue weighted by Crippen LogP contribution is 2.23. The largest absolute Gasteiger partial charge is 0.371 e. The number of H-pyrrole nitrogens is 1. The molecular weight excluding hydrogens is 402 g/mol. The number of piperidine rings is 1. The molecule has 2 N–H and O–H groups in total. The van der Waals surface area contributed by atoms with Gasteiger partial charge in [0.15, 0.2) is 0 Å². The highest BCUT2D eigenvalue weighted by atomic mass is 79.9. The van der Waals surface area contributed by atoms with Crippen LogP contribution >= 0.6 is 15.9 Å². The molecule has 0 saturated carbocycles. The van der Waals surface area contributed by atoms with Crippen LogP contribution in [0.25, 0.3) is 11.3 Å². The molecule has 0 aliphatic carbocycles. The molecule has 27 heavy (non-hydrogen) atoms. The van der Waals surface area contributed by atoms with Gasteiger partial charge in [-0.25, -0.2) is 4.98 Å². The van der Waals surface area contributed by atoms with Crippen molar-refractivity contribution in [2.24, 2.45) is 5.92 Å². The van der Waals surface area contributed by atoms with E-state index in [2.05, 4.69) is 65.4 Å². The molecular formula is C21H24BrN5. The second kappa shape index (κ2) is 8.67. The predicted molar refractivity (Wildman–Crippen MR) is 113 cm³/mol. The summed E-state index contributed by atoms with van der Waals surface area (Å²) >= 11 is 3.52. The number of nitrogens with one attached hydrogen (secondary N) is 2. The third-order valence-corrected chi connectivity index (χ3v) is 5.63. The fourth-order valence-corrected chi connectivity index (χ4v) is 4.00. The Kier molecular flexibility index (Phi) is 5.84. The van der Waals surface area contributed by atoms with Gasteiger partial charge in [0.2, 0.25) is 0 Å². The Morgan fingerprint density at radius 3 is 2.74 bits per heavy atom. The van der Waals surface area contributed by atoms with Crippen molar-refractivity contribution in [3.05, 3.63) is 65.3 Å². The zero-order chi connectivity index (χ0) is 18.5. The van der Waals surface area contributed by atoms with Crippen molar-refractivity contribution in [1.29, 1.82) is 0 Å². The highest BCUT2D eigenvalue weighted by molar-refractivity contribution is 9.10. The fourth-order valence-electron chi connectivity index (χ4n) is 3.60. The number of aromatic amines is 1. The summed E-state index contributed by atoms with van der Waals surface area (Å²) in [6.45, 7) is 4.05. The Balaban J connectivity index is 1.23. The summed E-state index contributed by atoms with van der Waals surface area (Å²) in [6.07, 6.45) is 8.09. The SMILES string of the molecule is Brc1cccc(-c2cnc(CNCC3CCN(c4ccncc4)CC3)[nH]2)c1. The molecule has 2 aromatic heterocycles. The van der Waals surface area contributed by atoms with Crippen LogP contribution in [0.5, 0.6) is 0 Å². The van der Waals surface area contributed by atoms with Crippen LogP contribution in [0, 0.1) is 5.92 Å². The van der Waals surface area contributed by atoms with Crippen LogP contribution in [0.1, 0.15) is 18.7 Å². The lowest BCUT2D eigenvalue weighted by Crippen LogP contribution is -2.37. The van der Waals surface area contributed by atoms with Crippen LogP contribution in [0.4, 0.5) is 5.69 Å². The summed E-state index contributed by atoms with van der Waals surface area (Å²) in [4.78, 5) is 14.5. The standard InChI is InChI=1S/C21H24BrN5/c22-18-3-1-2-17(12-18)20-14-25-21(26-20)15-24-13-16-6-10-27(11-7-16)19-4-8-23-9-5-19/h1-5,8-9,12,14,16,24H,6-7,10-11,13,15H2,(H,25,26). The van der Waals surface area contributed by atoms with Gasteiger partial charge in [0.05, 0.1) is 18.4 Å². The first-order valence-electron chi connectivity index (χ1n) is 9.43. The van der Waals surface area contributed by atoms with E-state index < -0.39 is 0 Å². The van der Waals surface area contributed by atoms with Gasteiger partial charge in [-0.2, -0.15) is 0 Å². The minimum absolute atomic E-state index is 0.725. The molecule has 3 heterocycles. The monoisotopic (exact) mass is 425 g/mol. The molecule has 0 radical (unpaired) electrons. The van der Waals surface area contributed by atoms with Gasteiger partial charge in [0, 0.05) is 41.2 Å². The van der Waals surface area contributed by atoms with Crippen molar-refractivity contribution in [3.8, 4) is 11.3 Å². The Labute approximate surface area is 168 Å². The average Bonchev–Trinajstić information content (AvgIpc) is 3.18. The van der Waals surface area contributed by atoms with Crippen molar-refractivity contribution in [1.82, 2.24) is 20.3 Å². The van der Waals surface area contributed by atoms with Gasteiger partial charge in [0.1, 0.15) is 5.82 Å². The molecule has 6 heteroatoms. The van der Waals surface area contributed by atoms with E-state index in [0.717, 1.165) is 53.7 Å². The lowest BCUT2D eigenvalue weighted by molar-refractivity contribution is 0.381. The van der Waals surface area contributed by atoms with Crippen LogP contribution in [-0.4, -0.2) is 34.6 Å². The Hall–Kier alpha value is -2.18. The molecule has 1 aliphatic heterocycles. The molecule has 0 unspecified atom stereocenters. The zero-order valence-corrected chi connectivity index (χ0v) is 16.8. The molecule has 1 aromatic carbocycles. The quantitative estimate of drug-likeness (QED) is 0.619. The lowest BCUT2D eigenvalue weighted by atomic mass is 9.96. The van der Waals surface area contributed by atoms with E-state index >= 15 is 0 Å². The third-order valence-electron chi connectivity index (χ3n) is 5.13. The summed E-state index contributed by atoms with van der Waals surface area (Å²) in [5.74, 6) is 1.71. The number of halogens is 1. The van der Waals surface area contributed by atoms with Crippen molar-refractivity contribution >= 4 is 21.6 Å². The van der Waals surface area contributed by atoms with E-state index in [1.54, 1.807) is 0 Å². The number of rotatable bonds is 6. The van der Waals surface area contributed by atoms with Crippen molar-refractivity contribution in [2.75, 3.05) is 24.5 Å². The van der Waals surface area contributed by atoms with E-state index in [9.17, 15) is 0 Å². The van der Waals surface area contributed by atoms with E-state index in [4.69, 9.17) is 0 Å². The second-order valence-electron chi connectivity index (χ2n) is 7.02. The molecule has 140 valence electrons. The minimum atomic E-state index is 0.725. The van der Waals surface area contributed by atoms with E-state index in [1.807, 2.05) is 30.7 Å². The molecule has 1 aliphatic rings. The summed E-state index contributed by atoms with van der Waals surface area (Å²) in [6, 6.07) is 12.4. The number of pyridine rings is 1. The fraction of sp³-hybridized carbons (Fsp3) is 0.333. The number of anilines is 1. The maximum absolute atomic E-state index is 4.51. The summed E-state index contributed by atoms with van der Waals surface area (Å²) in [7, 11) is 0. The molecule has 1 saturated heterocycles. The van der Waals surface area contributed by atoms with Crippen molar-refractivity contribution in [3.63, 3.8) is 0 Å². The first-order valence-corrected chi connectivity index (χ1v) is 10.2. The third kappa shape index (κ3) is 4.76.